The summed E-state index contributed by atoms with van der Waals surface area (Å²) in [4.78, 5) is 4.21. The fourth-order valence-electron chi connectivity index (χ4n) is 1.06. The first-order valence-corrected chi connectivity index (χ1v) is 5.57. The van der Waals surface area contributed by atoms with E-state index < -0.39 is 0 Å². The lowest BCUT2D eigenvalue weighted by Gasteiger charge is -2.10. The van der Waals surface area contributed by atoms with E-state index in [0.29, 0.717) is 6.04 Å². The van der Waals surface area contributed by atoms with E-state index in [4.69, 9.17) is 0 Å². The van der Waals surface area contributed by atoms with Crippen molar-refractivity contribution in [3.63, 3.8) is 0 Å². The van der Waals surface area contributed by atoms with E-state index in [2.05, 4.69) is 45.4 Å². The van der Waals surface area contributed by atoms with Crippen molar-refractivity contribution in [2.75, 3.05) is 18.4 Å². The van der Waals surface area contributed by atoms with Crippen LogP contribution in [0.15, 0.2) is 22.8 Å². The first kappa shape index (κ1) is 11.5. The Kier molecular flexibility index (Phi) is 4.90. The van der Waals surface area contributed by atoms with Crippen LogP contribution in [-0.4, -0.2) is 24.1 Å². The van der Waals surface area contributed by atoms with Gasteiger partial charge in [-0.25, -0.2) is 4.98 Å². The minimum Gasteiger partial charge on any atom is -0.368 e. The summed E-state index contributed by atoms with van der Waals surface area (Å²) in [6.45, 7) is 6.10. The van der Waals surface area contributed by atoms with Crippen LogP contribution in [0.3, 0.4) is 0 Å². The molecule has 3 nitrogen and oxygen atoms in total. The van der Waals surface area contributed by atoms with Crippen molar-refractivity contribution in [2.24, 2.45) is 0 Å². The summed E-state index contributed by atoms with van der Waals surface area (Å²) < 4.78 is 1.00. The van der Waals surface area contributed by atoms with Crippen LogP contribution < -0.4 is 10.6 Å². The first-order valence-electron chi connectivity index (χ1n) is 4.78. The second-order valence-electron chi connectivity index (χ2n) is 3.37. The maximum absolute atomic E-state index is 4.21. The van der Waals surface area contributed by atoms with Gasteiger partial charge in [-0.1, -0.05) is 13.8 Å². The molecule has 0 unspecified atom stereocenters. The maximum Gasteiger partial charge on any atom is 0.140 e. The van der Waals surface area contributed by atoms with Gasteiger partial charge in [0.1, 0.15) is 5.82 Å². The molecule has 0 aliphatic carbocycles. The predicted octanol–water partition coefficient (Wildman–Crippen LogP) is 2.25. The molecule has 0 aliphatic rings. The number of hydrogen-bond donors (Lipinski definition) is 2. The highest BCUT2D eigenvalue weighted by atomic mass is 79.9. The van der Waals surface area contributed by atoms with Gasteiger partial charge in [0.25, 0.3) is 0 Å². The van der Waals surface area contributed by atoms with E-state index in [1.165, 1.54) is 0 Å². The predicted molar refractivity (Wildman–Crippen MR) is 63.6 cm³/mol. The van der Waals surface area contributed by atoms with Crippen molar-refractivity contribution in [1.29, 1.82) is 0 Å². The highest BCUT2D eigenvalue weighted by Crippen LogP contribution is 2.17. The van der Waals surface area contributed by atoms with E-state index in [1.54, 1.807) is 6.20 Å². The molecule has 0 radical (unpaired) electrons. The maximum atomic E-state index is 4.21. The summed E-state index contributed by atoms with van der Waals surface area (Å²) in [5.74, 6) is 0.901. The van der Waals surface area contributed by atoms with Crippen molar-refractivity contribution in [3.05, 3.63) is 22.8 Å². The molecule has 4 heteroatoms. The van der Waals surface area contributed by atoms with Crippen LogP contribution in [0, 0.1) is 0 Å². The third kappa shape index (κ3) is 4.07. The van der Waals surface area contributed by atoms with Crippen LogP contribution in [0.2, 0.25) is 0 Å². The average molecular weight is 258 g/mol. The number of halogens is 1. The number of aromatic nitrogens is 1. The standard InChI is InChI=1S/C10H16BrN3/c1-8(2)12-6-7-14-10-9(11)4-3-5-13-10/h3-5,8,12H,6-7H2,1-2H3,(H,13,14). The highest BCUT2D eigenvalue weighted by Gasteiger charge is 1.98. The third-order valence-electron chi connectivity index (χ3n) is 1.73. The smallest absolute Gasteiger partial charge is 0.140 e. The Balaban J connectivity index is 2.28. The summed E-state index contributed by atoms with van der Waals surface area (Å²) in [5, 5.41) is 6.58. The topological polar surface area (TPSA) is 37.0 Å². The summed E-state index contributed by atoms with van der Waals surface area (Å²) in [7, 11) is 0. The van der Waals surface area contributed by atoms with Crippen LogP contribution in [-0.2, 0) is 0 Å². The first-order chi connectivity index (χ1) is 6.70. The molecule has 0 saturated heterocycles. The van der Waals surface area contributed by atoms with Gasteiger partial charge in [0.15, 0.2) is 0 Å². The van der Waals surface area contributed by atoms with Gasteiger partial charge >= 0.3 is 0 Å². The molecule has 14 heavy (non-hydrogen) atoms. The molecule has 1 aromatic heterocycles. The van der Waals surface area contributed by atoms with E-state index in [0.717, 1.165) is 23.4 Å². The van der Waals surface area contributed by atoms with E-state index in [-0.39, 0.29) is 0 Å². The fourth-order valence-corrected chi connectivity index (χ4v) is 1.45. The van der Waals surface area contributed by atoms with Gasteiger partial charge in [0, 0.05) is 25.3 Å². The quantitative estimate of drug-likeness (QED) is 0.795. The average Bonchev–Trinajstić information content (AvgIpc) is 2.15. The molecule has 0 fully saturated rings. The van der Waals surface area contributed by atoms with Crippen LogP contribution in [0.5, 0.6) is 0 Å². The Morgan fingerprint density at radius 1 is 1.43 bits per heavy atom. The van der Waals surface area contributed by atoms with Crippen LogP contribution >= 0.6 is 15.9 Å². The Bertz CT molecular complexity index is 276. The lowest BCUT2D eigenvalue weighted by atomic mass is 10.4. The summed E-state index contributed by atoms with van der Waals surface area (Å²) >= 11 is 3.43. The molecule has 0 aromatic carbocycles. The summed E-state index contributed by atoms with van der Waals surface area (Å²) in [6, 6.07) is 4.41. The molecular formula is C10H16BrN3. The normalized spacial score (nSPS) is 10.6. The molecule has 0 spiro atoms. The Labute approximate surface area is 93.4 Å². The van der Waals surface area contributed by atoms with Crippen molar-refractivity contribution in [2.45, 2.75) is 19.9 Å². The lowest BCUT2D eigenvalue weighted by Crippen LogP contribution is -2.28. The highest BCUT2D eigenvalue weighted by molar-refractivity contribution is 9.10. The summed E-state index contributed by atoms with van der Waals surface area (Å²) in [5.41, 5.74) is 0. The largest absolute Gasteiger partial charge is 0.368 e. The van der Waals surface area contributed by atoms with Gasteiger partial charge < -0.3 is 10.6 Å². The van der Waals surface area contributed by atoms with Crippen molar-refractivity contribution >= 4 is 21.7 Å². The van der Waals surface area contributed by atoms with Gasteiger partial charge in [-0.3, -0.25) is 0 Å². The minimum atomic E-state index is 0.531. The molecule has 0 atom stereocenters. The Morgan fingerprint density at radius 3 is 2.86 bits per heavy atom. The van der Waals surface area contributed by atoms with Gasteiger partial charge in [-0.15, -0.1) is 0 Å². The SMILES string of the molecule is CC(C)NCCNc1ncccc1Br. The summed E-state index contributed by atoms with van der Waals surface area (Å²) in [6.07, 6.45) is 1.78. The van der Waals surface area contributed by atoms with E-state index in [1.807, 2.05) is 12.1 Å². The molecular weight excluding hydrogens is 242 g/mol. The van der Waals surface area contributed by atoms with E-state index in [9.17, 15) is 0 Å². The van der Waals surface area contributed by atoms with Crippen molar-refractivity contribution in [1.82, 2.24) is 10.3 Å². The number of rotatable bonds is 5. The lowest BCUT2D eigenvalue weighted by molar-refractivity contribution is 0.602. The molecule has 1 heterocycles. The monoisotopic (exact) mass is 257 g/mol. The molecule has 0 saturated carbocycles. The number of anilines is 1. The van der Waals surface area contributed by atoms with Crippen LogP contribution in [0.25, 0.3) is 0 Å². The number of pyridine rings is 1. The second kappa shape index (κ2) is 5.98. The van der Waals surface area contributed by atoms with Crippen molar-refractivity contribution < 1.29 is 0 Å². The van der Waals surface area contributed by atoms with Gasteiger partial charge in [0.2, 0.25) is 0 Å². The number of hydrogen-bond acceptors (Lipinski definition) is 3. The van der Waals surface area contributed by atoms with Crippen LogP contribution in [0.4, 0.5) is 5.82 Å². The zero-order valence-electron chi connectivity index (χ0n) is 8.55. The second-order valence-corrected chi connectivity index (χ2v) is 4.22. The molecule has 78 valence electrons. The molecule has 0 amide bonds. The Morgan fingerprint density at radius 2 is 2.21 bits per heavy atom. The van der Waals surface area contributed by atoms with Gasteiger partial charge in [-0.05, 0) is 28.1 Å². The molecule has 0 bridgehead atoms. The van der Waals surface area contributed by atoms with E-state index >= 15 is 0 Å². The Hall–Kier alpha value is -0.610. The van der Waals surface area contributed by atoms with Crippen LogP contribution in [0.1, 0.15) is 13.8 Å². The molecule has 1 aromatic rings. The molecule has 2 N–H and O–H groups in total. The fraction of sp³-hybridized carbons (Fsp3) is 0.500. The van der Waals surface area contributed by atoms with Crippen molar-refractivity contribution in [3.8, 4) is 0 Å². The van der Waals surface area contributed by atoms with Gasteiger partial charge in [-0.2, -0.15) is 0 Å². The third-order valence-corrected chi connectivity index (χ3v) is 2.37. The minimum absolute atomic E-state index is 0.531. The zero-order valence-corrected chi connectivity index (χ0v) is 10.1. The molecule has 1 rings (SSSR count). The number of nitrogens with zero attached hydrogens (tertiary/aromatic N) is 1. The van der Waals surface area contributed by atoms with Gasteiger partial charge in [0.05, 0.1) is 4.47 Å². The number of nitrogens with one attached hydrogen (secondary N) is 2. The molecule has 0 aliphatic heterocycles. The zero-order chi connectivity index (χ0) is 10.4.